The van der Waals surface area contributed by atoms with Gasteiger partial charge in [0, 0.05) is 19.6 Å². The maximum absolute atomic E-state index is 11.0. The van der Waals surface area contributed by atoms with Crippen molar-refractivity contribution in [1.29, 1.82) is 0 Å². The van der Waals surface area contributed by atoms with E-state index in [1.807, 2.05) is 11.5 Å². The van der Waals surface area contributed by atoms with Gasteiger partial charge in [0.15, 0.2) is 0 Å². The van der Waals surface area contributed by atoms with Gasteiger partial charge in [0.25, 0.3) is 0 Å². The lowest BCUT2D eigenvalue weighted by Gasteiger charge is -2.06. The number of aliphatic hydroxyl groups is 1. The first-order chi connectivity index (χ1) is 8.67. The Morgan fingerprint density at radius 1 is 1.44 bits per heavy atom. The van der Waals surface area contributed by atoms with E-state index in [4.69, 9.17) is 10.2 Å². The molecule has 0 bridgehead atoms. The van der Waals surface area contributed by atoms with E-state index in [1.165, 1.54) is 0 Å². The van der Waals surface area contributed by atoms with E-state index < -0.39 is 5.97 Å². The first-order valence-corrected chi connectivity index (χ1v) is 6.00. The standard InChI is InChI=1S/C13H16N2O3/c1-2-12-14-10-5-4-9(13(17)18)8-11(10)15(12)6-3-7-16/h4-5,8,16H,2-3,6-7H2,1H3,(H,17,18). The van der Waals surface area contributed by atoms with Gasteiger partial charge in [-0.1, -0.05) is 6.92 Å². The van der Waals surface area contributed by atoms with Crippen LogP contribution in [0.1, 0.15) is 29.5 Å². The average molecular weight is 248 g/mol. The van der Waals surface area contributed by atoms with Crippen LogP contribution in [0.4, 0.5) is 0 Å². The number of benzene rings is 1. The van der Waals surface area contributed by atoms with Gasteiger partial charge in [-0.2, -0.15) is 0 Å². The van der Waals surface area contributed by atoms with Crippen LogP contribution >= 0.6 is 0 Å². The lowest BCUT2D eigenvalue weighted by atomic mass is 10.2. The maximum Gasteiger partial charge on any atom is 0.335 e. The van der Waals surface area contributed by atoms with Crippen LogP contribution in [0, 0.1) is 0 Å². The molecule has 5 heteroatoms. The molecule has 0 unspecified atom stereocenters. The van der Waals surface area contributed by atoms with E-state index in [2.05, 4.69) is 4.98 Å². The molecular weight excluding hydrogens is 232 g/mol. The number of carboxylic acid groups (broad SMARTS) is 1. The van der Waals surface area contributed by atoms with E-state index in [9.17, 15) is 4.79 Å². The third kappa shape index (κ3) is 2.22. The summed E-state index contributed by atoms with van der Waals surface area (Å²) in [5.41, 5.74) is 1.88. The summed E-state index contributed by atoms with van der Waals surface area (Å²) in [6.45, 7) is 2.77. The number of aliphatic hydroxyl groups excluding tert-OH is 1. The summed E-state index contributed by atoms with van der Waals surface area (Å²) >= 11 is 0. The second-order valence-electron chi connectivity index (χ2n) is 4.12. The molecule has 0 aliphatic rings. The minimum atomic E-state index is -0.940. The molecule has 1 aromatic carbocycles. The molecule has 0 amide bonds. The van der Waals surface area contributed by atoms with Crippen molar-refractivity contribution in [2.45, 2.75) is 26.3 Å². The quantitative estimate of drug-likeness (QED) is 0.844. The molecule has 96 valence electrons. The Labute approximate surface area is 105 Å². The zero-order chi connectivity index (χ0) is 13.1. The average Bonchev–Trinajstić information content (AvgIpc) is 2.73. The number of carbonyl (C=O) groups is 1. The van der Waals surface area contributed by atoms with Gasteiger partial charge in [0.2, 0.25) is 0 Å². The molecule has 18 heavy (non-hydrogen) atoms. The van der Waals surface area contributed by atoms with Crippen molar-refractivity contribution in [2.75, 3.05) is 6.61 Å². The molecule has 2 rings (SSSR count). The number of aromatic nitrogens is 2. The van der Waals surface area contributed by atoms with E-state index in [0.717, 1.165) is 23.3 Å². The minimum absolute atomic E-state index is 0.113. The fourth-order valence-corrected chi connectivity index (χ4v) is 2.05. The van der Waals surface area contributed by atoms with Crippen molar-refractivity contribution in [3.63, 3.8) is 0 Å². The van der Waals surface area contributed by atoms with Crippen LogP contribution in [0.2, 0.25) is 0 Å². The van der Waals surface area contributed by atoms with Crippen molar-refractivity contribution < 1.29 is 15.0 Å². The summed E-state index contributed by atoms with van der Waals surface area (Å²) in [4.78, 5) is 15.4. The third-order valence-electron chi connectivity index (χ3n) is 2.93. The topological polar surface area (TPSA) is 75.3 Å². The van der Waals surface area contributed by atoms with Gasteiger partial charge in [-0.15, -0.1) is 0 Å². The normalized spacial score (nSPS) is 11.0. The predicted molar refractivity (Wildman–Crippen MR) is 67.8 cm³/mol. The Balaban J connectivity index is 2.55. The van der Waals surface area contributed by atoms with Crippen molar-refractivity contribution in [2.24, 2.45) is 0 Å². The number of hydrogen-bond donors (Lipinski definition) is 2. The molecule has 0 saturated carbocycles. The van der Waals surface area contributed by atoms with Crippen LogP contribution in [0.3, 0.4) is 0 Å². The number of rotatable bonds is 5. The fourth-order valence-electron chi connectivity index (χ4n) is 2.05. The summed E-state index contributed by atoms with van der Waals surface area (Å²) in [5, 5.41) is 17.9. The first-order valence-electron chi connectivity index (χ1n) is 6.00. The van der Waals surface area contributed by atoms with Gasteiger partial charge >= 0.3 is 5.97 Å². The van der Waals surface area contributed by atoms with Gasteiger partial charge < -0.3 is 14.8 Å². The number of aryl methyl sites for hydroxylation is 2. The molecule has 0 fully saturated rings. The number of imidazole rings is 1. The molecule has 1 heterocycles. The molecule has 5 nitrogen and oxygen atoms in total. The molecule has 2 N–H and O–H groups in total. The smallest absolute Gasteiger partial charge is 0.335 e. The fraction of sp³-hybridized carbons (Fsp3) is 0.385. The van der Waals surface area contributed by atoms with Crippen molar-refractivity contribution in [3.05, 3.63) is 29.6 Å². The highest BCUT2D eigenvalue weighted by molar-refractivity contribution is 5.92. The predicted octanol–water partition coefficient (Wildman–Crippen LogP) is 1.68. The van der Waals surface area contributed by atoms with E-state index >= 15 is 0 Å². The van der Waals surface area contributed by atoms with Crippen LogP contribution < -0.4 is 0 Å². The van der Waals surface area contributed by atoms with Crippen molar-refractivity contribution in [1.82, 2.24) is 9.55 Å². The largest absolute Gasteiger partial charge is 0.478 e. The Morgan fingerprint density at radius 2 is 2.22 bits per heavy atom. The first kappa shape index (κ1) is 12.6. The number of carboxylic acids is 1. The van der Waals surface area contributed by atoms with E-state index in [-0.39, 0.29) is 12.2 Å². The summed E-state index contributed by atoms with van der Waals surface area (Å²) in [6, 6.07) is 4.93. The number of hydrogen-bond acceptors (Lipinski definition) is 3. The molecule has 0 aliphatic carbocycles. The molecule has 1 aromatic heterocycles. The van der Waals surface area contributed by atoms with Gasteiger partial charge in [-0.3, -0.25) is 0 Å². The highest BCUT2D eigenvalue weighted by Crippen LogP contribution is 2.19. The molecule has 0 atom stereocenters. The molecule has 0 saturated heterocycles. The van der Waals surface area contributed by atoms with Crippen molar-refractivity contribution >= 4 is 17.0 Å². The summed E-state index contributed by atoms with van der Waals surface area (Å²) in [5.74, 6) is -0.0224. The molecular formula is C13H16N2O3. The lowest BCUT2D eigenvalue weighted by molar-refractivity contribution is 0.0697. The zero-order valence-electron chi connectivity index (χ0n) is 10.3. The van der Waals surface area contributed by atoms with Gasteiger partial charge in [0.1, 0.15) is 5.82 Å². The Bertz CT molecular complexity index is 575. The Kier molecular flexibility index (Phi) is 3.62. The van der Waals surface area contributed by atoms with Crippen LogP contribution in [-0.4, -0.2) is 32.3 Å². The zero-order valence-corrected chi connectivity index (χ0v) is 10.3. The van der Waals surface area contributed by atoms with Gasteiger partial charge in [-0.25, -0.2) is 9.78 Å². The lowest BCUT2D eigenvalue weighted by Crippen LogP contribution is -2.05. The maximum atomic E-state index is 11.0. The van der Waals surface area contributed by atoms with Gasteiger partial charge in [-0.05, 0) is 24.6 Å². The SMILES string of the molecule is CCc1nc2ccc(C(=O)O)cc2n1CCCO. The number of fused-ring (bicyclic) bond motifs is 1. The van der Waals surface area contributed by atoms with E-state index in [0.29, 0.717) is 13.0 Å². The number of nitrogens with zero attached hydrogens (tertiary/aromatic N) is 2. The Hall–Kier alpha value is -1.88. The minimum Gasteiger partial charge on any atom is -0.478 e. The van der Waals surface area contributed by atoms with Crippen LogP contribution in [0.5, 0.6) is 0 Å². The highest BCUT2D eigenvalue weighted by Gasteiger charge is 2.11. The third-order valence-corrected chi connectivity index (χ3v) is 2.93. The molecule has 0 radical (unpaired) electrons. The Morgan fingerprint density at radius 3 is 2.83 bits per heavy atom. The second-order valence-corrected chi connectivity index (χ2v) is 4.12. The summed E-state index contributed by atoms with van der Waals surface area (Å²) in [7, 11) is 0. The summed E-state index contributed by atoms with van der Waals surface area (Å²) < 4.78 is 1.98. The molecule has 0 spiro atoms. The van der Waals surface area contributed by atoms with Crippen LogP contribution in [0.25, 0.3) is 11.0 Å². The monoisotopic (exact) mass is 248 g/mol. The summed E-state index contributed by atoms with van der Waals surface area (Å²) in [6.07, 6.45) is 1.41. The van der Waals surface area contributed by atoms with Crippen molar-refractivity contribution in [3.8, 4) is 0 Å². The van der Waals surface area contributed by atoms with E-state index in [1.54, 1.807) is 18.2 Å². The highest BCUT2D eigenvalue weighted by atomic mass is 16.4. The number of aromatic carboxylic acids is 1. The molecule has 0 aliphatic heterocycles. The van der Waals surface area contributed by atoms with Crippen LogP contribution in [0.15, 0.2) is 18.2 Å². The van der Waals surface area contributed by atoms with Gasteiger partial charge in [0.05, 0.1) is 16.6 Å². The molecule has 2 aromatic rings. The van der Waals surface area contributed by atoms with Crippen LogP contribution in [-0.2, 0) is 13.0 Å². The second kappa shape index (κ2) is 5.18.